The van der Waals surface area contributed by atoms with Crippen molar-refractivity contribution in [2.45, 2.75) is 25.9 Å². The van der Waals surface area contributed by atoms with Gasteiger partial charge in [0.15, 0.2) is 5.82 Å². The molecule has 1 N–H and O–H groups in total. The molecule has 0 bridgehead atoms. The summed E-state index contributed by atoms with van der Waals surface area (Å²) in [5, 5.41) is 4.56. The minimum absolute atomic E-state index is 0.0759. The molecule has 0 fully saturated rings. The van der Waals surface area contributed by atoms with Gasteiger partial charge in [0.2, 0.25) is 5.91 Å². The summed E-state index contributed by atoms with van der Waals surface area (Å²) in [6.07, 6.45) is 1.24. The molecule has 9 nitrogen and oxygen atoms in total. The predicted octanol–water partition coefficient (Wildman–Crippen LogP) is 0.478. The van der Waals surface area contributed by atoms with Gasteiger partial charge in [-0.3, -0.25) is 14.2 Å². The Morgan fingerprint density at radius 2 is 1.96 bits per heavy atom. The van der Waals surface area contributed by atoms with Crippen molar-refractivity contribution in [3.63, 3.8) is 0 Å². The molecule has 0 saturated carbocycles. The zero-order chi connectivity index (χ0) is 19.8. The summed E-state index contributed by atoms with van der Waals surface area (Å²) in [4.78, 5) is 45.3. The van der Waals surface area contributed by atoms with Gasteiger partial charge in [0.05, 0.1) is 19.0 Å². The van der Waals surface area contributed by atoms with Gasteiger partial charge < -0.3 is 9.88 Å². The van der Waals surface area contributed by atoms with Gasteiger partial charge in [-0.05, 0) is 6.92 Å². The summed E-state index contributed by atoms with van der Waals surface area (Å²) in [7, 11) is 1.38. The molecule has 0 unspecified atom stereocenters. The molecule has 1 aliphatic rings. The van der Waals surface area contributed by atoms with Crippen LogP contribution in [0, 0.1) is 0 Å². The summed E-state index contributed by atoms with van der Waals surface area (Å²) in [6, 6.07) is 9.42. The molecule has 1 aliphatic heterocycles. The Morgan fingerprint density at radius 1 is 1.21 bits per heavy atom. The third-order valence-corrected chi connectivity index (χ3v) is 5.04. The quantitative estimate of drug-likeness (QED) is 0.711. The lowest BCUT2D eigenvalue weighted by molar-refractivity contribution is -0.133. The minimum Gasteiger partial charge on any atom is -0.331 e. The highest BCUT2D eigenvalue weighted by Crippen LogP contribution is 2.26. The Hall–Kier alpha value is -3.49. The van der Waals surface area contributed by atoms with Gasteiger partial charge in [0.25, 0.3) is 5.56 Å². The number of benzene rings is 1. The van der Waals surface area contributed by atoms with Crippen molar-refractivity contribution in [3.8, 4) is 11.4 Å². The van der Waals surface area contributed by atoms with E-state index in [-0.39, 0.29) is 23.9 Å². The van der Waals surface area contributed by atoms with E-state index >= 15 is 0 Å². The molecule has 3 heterocycles. The molecule has 9 heteroatoms. The van der Waals surface area contributed by atoms with E-state index in [9.17, 15) is 14.4 Å². The van der Waals surface area contributed by atoms with E-state index in [1.165, 1.54) is 13.2 Å². The molecule has 0 saturated heterocycles. The second-order valence-corrected chi connectivity index (χ2v) is 6.81. The first-order chi connectivity index (χ1) is 13.5. The van der Waals surface area contributed by atoms with Crippen LogP contribution >= 0.6 is 0 Å². The van der Waals surface area contributed by atoms with E-state index < -0.39 is 11.2 Å². The maximum atomic E-state index is 12.8. The van der Waals surface area contributed by atoms with E-state index in [4.69, 9.17) is 0 Å². The Balaban J connectivity index is 1.58. The fourth-order valence-electron chi connectivity index (χ4n) is 3.42. The van der Waals surface area contributed by atoms with Gasteiger partial charge in [-0.1, -0.05) is 30.3 Å². The SMILES string of the molecule is C[C@H]1c2nc(-c3ccccc3)nn2CCN1C(=O)Cc1c[nH]c(=O)n(C)c1=O. The lowest BCUT2D eigenvalue weighted by atomic mass is 10.1. The van der Waals surface area contributed by atoms with Gasteiger partial charge in [-0.2, -0.15) is 5.10 Å². The molecule has 3 aromatic rings. The number of H-pyrrole nitrogens is 1. The van der Waals surface area contributed by atoms with Crippen LogP contribution in [-0.4, -0.2) is 41.7 Å². The Morgan fingerprint density at radius 3 is 2.71 bits per heavy atom. The second kappa shape index (κ2) is 6.91. The predicted molar refractivity (Wildman–Crippen MR) is 102 cm³/mol. The number of rotatable bonds is 3. The highest BCUT2D eigenvalue weighted by Gasteiger charge is 2.31. The molecule has 4 rings (SSSR count). The minimum atomic E-state index is -0.505. The van der Waals surface area contributed by atoms with E-state index in [1.807, 2.05) is 41.9 Å². The molecule has 28 heavy (non-hydrogen) atoms. The number of carbonyl (C=O) groups is 1. The highest BCUT2D eigenvalue weighted by atomic mass is 16.2. The number of nitrogens with one attached hydrogen (secondary N) is 1. The first-order valence-corrected chi connectivity index (χ1v) is 9.03. The fourth-order valence-corrected chi connectivity index (χ4v) is 3.42. The molecule has 1 atom stereocenters. The number of fused-ring (bicyclic) bond motifs is 1. The zero-order valence-electron chi connectivity index (χ0n) is 15.6. The van der Waals surface area contributed by atoms with Crippen molar-refractivity contribution in [3.05, 3.63) is 68.8 Å². The van der Waals surface area contributed by atoms with E-state index in [2.05, 4.69) is 15.1 Å². The Kier molecular flexibility index (Phi) is 4.42. The van der Waals surface area contributed by atoms with Crippen LogP contribution in [0.5, 0.6) is 0 Å². The van der Waals surface area contributed by atoms with E-state index in [0.29, 0.717) is 24.7 Å². The molecule has 1 amide bonds. The van der Waals surface area contributed by atoms with E-state index in [0.717, 1.165) is 10.1 Å². The van der Waals surface area contributed by atoms with Crippen molar-refractivity contribution >= 4 is 5.91 Å². The van der Waals surface area contributed by atoms with Crippen molar-refractivity contribution in [1.82, 2.24) is 29.2 Å². The second-order valence-electron chi connectivity index (χ2n) is 6.81. The lowest BCUT2D eigenvalue weighted by Gasteiger charge is -2.33. The largest absolute Gasteiger partial charge is 0.331 e. The molecule has 144 valence electrons. The number of carbonyl (C=O) groups excluding carboxylic acids is 1. The van der Waals surface area contributed by atoms with Gasteiger partial charge >= 0.3 is 5.69 Å². The molecule has 0 radical (unpaired) electrons. The molecule has 0 spiro atoms. The van der Waals surface area contributed by atoms with Crippen LogP contribution in [0.1, 0.15) is 24.4 Å². The average Bonchev–Trinajstić information content (AvgIpc) is 3.15. The van der Waals surface area contributed by atoms with Crippen molar-refractivity contribution < 1.29 is 4.79 Å². The number of nitrogens with zero attached hydrogens (tertiary/aromatic N) is 5. The summed E-state index contributed by atoms with van der Waals surface area (Å²) in [6.45, 7) is 2.92. The summed E-state index contributed by atoms with van der Waals surface area (Å²) in [5.74, 6) is 1.16. The molecule has 0 aliphatic carbocycles. The Bertz CT molecular complexity index is 1140. The summed E-state index contributed by atoms with van der Waals surface area (Å²) >= 11 is 0. The lowest BCUT2D eigenvalue weighted by Crippen LogP contribution is -2.43. The van der Waals surface area contributed by atoms with Crippen LogP contribution in [-0.2, 0) is 24.8 Å². The number of aromatic nitrogens is 5. The van der Waals surface area contributed by atoms with Crippen molar-refractivity contribution in [1.29, 1.82) is 0 Å². The van der Waals surface area contributed by atoms with Crippen LogP contribution in [0.2, 0.25) is 0 Å². The molecular formula is C19H20N6O3. The molecule has 2 aromatic heterocycles. The van der Waals surface area contributed by atoms with Crippen LogP contribution in [0.15, 0.2) is 46.1 Å². The zero-order valence-corrected chi connectivity index (χ0v) is 15.6. The average molecular weight is 380 g/mol. The van der Waals surface area contributed by atoms with Gasteiger partial charge in [-0.15, -0.1) is 0 Å². The third-order valence-electron chi connectivity index (χ3n) is 5.04. The fraction of sp³-hybridized carbons (Fsp3) is 0.316. The summed E-state index contributed by atoms with van der Waals surface area (Å²) in [5.41, 5.74) is 0.216. The molecular weight excluding hydrogens is 360 g/mol. The number of hydrogen-bond acceptors (Lipinski definition) is 5. The van der Waals surface area contributed by atoms with Crippen LogP contribution < -0.4 is 11.2 Å². The summed E-state index contributed by atoms with van der Waals surface area (Å²) < 4.78 is 2.79. The monoisotopic (exact) mass is 380 g/mol. The number of hydrogen-bond donors (Lipinski definition) is 1. The van der Waals surface area contributed by atoms with Gasteiger partial charge in [-0.25, -0.2) is 14.5 Å². The van der Waals surface area contributed by atoms with E-state index in [1.54, 1.807) is 4.90 Å². The van der Waals surface area contributed by atoms with Crippen LogP contribution in [0.4, 0.5) is 0 Å². The normalized spacial score (nSPS) is 16.1. The first kappa shape index (κ1) is 17.9. The van der Waals surface area contributed by atoms with Crippen LogP contribution in [0.3, 0.4) is 0 Å². The van der Waals surface area contributed by atoms with Crippen molar-refractivity contribution in [2.75, 3.05) is 6.54 Å². The smallest absolute Gasteiger partial charge is 0.328 e. The molecule has 1 aromatic carbocycles. The third kappa shape index (κ3) is 3.04. The van der Waals surface area contributed by atoms with Gasteiger partial charge in [0, 0.05) is 30.9 Å². The standard InChI is InChI=1S/C19H20N6O3/c1-12-17-21-16(13-6-4-3-5-7-13)22-25(17)9-8-24(12)15(26)10-14-11-20-19(28)23(2)18(14)27/h3-7,11-12H,8-10H2,1-2H3,(H,20,28)/t12-/m0/s1. The maximum absolute atomic E-state index is 12.8. The maximum Gasteiger partial charge on any atom is 0.328 e. The van der Waals surface area contributed by atoms with Crippen molar-refractivity contribution in [2.24, 2.45) is 7.05 Å². The number of amides is 1. The Labute approximate surface area is 160 Å². The highest BCUT2D eigenvalue weighted by molar-refractivity contribution is 5.79. The van der Waals surface area contributed by atoms with Gasteiger partial charge in [0.1, 0.15) is 5.82 Å². The van der Waals surface area contributed by atoms with Crippen LogP contribution in [0.25, 0.3) is 11.4 Å². The number of aromatic amines is 1. The topological polar surface area (TPSA) is 106 Å². The first-order valence-electron chi connectivity index (χ1n) is 9.03.